The van der Waals surface area contributed by atoms with Gasteiger partial charge in [0, 0.05) is 42.2 Å². The average molecular weight is 567 g/mol. The monoisotopic (exact) mass is 566 g/mol. The zero-order valence-corrected chi connectivity index (χ0v) is 25.9. The van der Waals surface area contributed by atoms with Crippen molar-refractivity contribution in [2.75, 3.05) is 43.9 Å². The van der Waals surface area contributed by atoms with Crippen LogP contribution in [0.5, 0.6) is 0 Å². The third kappa shape index (κ3) is 6.67. The number of hydrogen-bond acceptors (Lipinski definition) is 6. The molecule has 222 valence electrons. The van der Waals surface area contributed by atoms with Gasteiger partial charge in [-0.3, -0.25) is 14.8 Å². The summed E-state index contributed by atoms with van der Waals surface area (Å²) in [6, 6.07) is 12.6. The summed E-state index contributed by atoms with van der Waals surface area (Å²) in [4.78, 5) is 27.6. The first-order valence-corrected chi connectivity index (χ1v) is 15.5. The van der Waals surface area contributed by atoms with Crippen LogP contribution >= 0.6 is 0 Å². The predicted octanol–water partition coefficient (Wildman–Crippen LogP) is 6.64. The smallest absolute Gasteiger partial charge is 0.258 e. The van der Waals surface area contributed by atoms with Crippen molar-refractivity contribution in [1.29, 1.82) is 0 Å². The SMILES string of the molecule is C[C@@H]1CC(N)=C(C(=O)Nc2ccc([C@@H](C)[C@H](C)CCN(C)C)nc2)c2cc(-c3cncc(N4CCCCC4)c3)ccc21. The lowest BCUT2D eigenvalue weighted by atomic mass is 9.80. The number of allylic oxidation sites excluding steroid dienone is 1. The summed E-state index contributed by atoms with van der Waals surface area (Å²) in [5, 5.41) is 3.08. The van der Waals surface area contributed by atoms with Crippen LogP contribution in [0.15, 0.2) is 60.7 Å². The second-order valence-corrected chi connectivity index (χ2v) is 12.6. The molecule has 1 aliphatic heterocycles. The van der Waals surface area contributed by atoms with Gasteiger partial charge in [-0.15, -0.1) is 0 Å². The number of nitrogens with one attached hydrogen (secondary N) is 1. The van der Waals surface area contributed by atoms with Crippen molar-refractivity contribution in [3.05, 3.63) is 77.5 Å². The Morgan fingerprint density at radius 2 is 1.83 bits per heavy atom. The van der Waals surface area contributed by atoms with E-state index in [1.807, 2.05) is 24.5 Å². The Labute approximate surface area is 251 Å². The van der Waals surface area contributed by atoms with E-state index < -0.39 is 0 Å². The summed E-state index contributed by atoms with van der Waals surface area (Å²) in [6.07, 6.45) is 11.1. The Hall–Kier alpha value is -3.71. The molecule has 3 aromatic rings. The van der Waals surface area contributed by atoms with Crippen LogP contribution in [0, 0.1) is 5.92 Å². The minimum atomic E-state index is -0.194. The fourth-order valence-corrected chi connectivity index (χ4v) is 6.22. The maximum absolute atomic E-state index is 13.7. The Balaban J connectivity index is 1.36. The summed E-state index contributed by atoms with van der Waals surface area (Å²) in [5.74, 6) is 0.886. The van der Waals surface area contributed by atoms with Crippen molar-refractivity contribution in [2.24, 2.45) is 11.7 Å². The quantitative estimate of drug-likeness (QED) is 0.302. The van der Waals surface area contributed by atoms with Gasteiger partial charge < -0.3 is 20.9 Å². The summed E-state index contributed by atoms with van der Waals surface area (Å²) in [5.41, 5.74) is 14.8. The van der Waals surface area contributed by atoms with Crippen molar-refractivity contribution in [1.82, 2.24) is 14.9 Å². The Morgan fingerprint density at radius 3 is 2.55 bits per heavy atom. The molecule has 1 aliphatic carbocycles. The van der Waals surface area contributed by atoms with E-state index in [4.69, 9.17) is 10.7 Å². The average Bonchev–Trinajstić information content (AvgIpc) is 3.00. The van der Waals surface area contributed by atoms with Gasteiger partial charge in [0.25, 0.3) is 5.91 Å². The zero-order valence-electron chi connectivity index (χ0n) is 25.9. The molecule has 2 aromatic heterocycles. The number of benzene rings is 1. The van der Waals surface area contributed by atoms with E-state index in [9.17, 15) is 4.79 Å². The van der Waals surface area contributed by atoms with Crippen molar-refractivity contribution in [3.8, 4) is 11.1 Å². The van der Waals surface area contributed by atoms with Crippen molar-refractivity contribution in [3.63, 3.8) is 0 Å². The summed E-state index contributed by atoms with van der Waals surface area (Å²) >= 11 is 0. The van der Waals surface area contributed by atoms with Crippen molar-refractivity contribution < 1.29 is 4.79 Å². The molecule has 0 saturated carbocycles. The highest BCUT2D eigenvalue weighted by atomic mass is 16.1. The van der Waals surface area contributed by atoms with Gasteiger partial charge in [0.15, 0.2) is 0 Å². The molecular formula is C35H46N6O. The third-order valence-corrected chi connectivity index (χ3v) is 9.10. The molecule has 5 rings (SSSR count). The maximum Gasteiger partial charge on any atom is 0.258 e. The first kappa shape index (κ1) is 29.8. The van der Waals surface area contributed by atoms with Crippen LogP contribution in [0.1, 0.15) is 81.5 Å². The lowest BCUT2D eigenvalue weighted by Crippen LogP contribution is -2.29. The second-order valence-electron chi connectivity index (χ2n) is 12.6. The number of carbonyl (C=O) groups excluding carboxylic acids is 1. The topological polar surface area (TPSA) is 87.4 Å². The van der Waals surface area contributed by atoms with Gasteiger partial charge in [0.05, 0.1) is 29.3 Å². The molecule has 3 heterocycles. The van der Waals surface area contributed by atoms with E-state index in [2.05, 4.69) is 79.2 Å². The van der Waals surface area contributed by atoms with Gasteiger partial charge >= 0.3 is 0 Å². The molecule has 0 spiro atoms. The van der Waals surface area contributed by atoms with E-state index in [1.165, 1.54) is 19.3 Å². The van der Waals surface area contributed by atoms with Crippen LogP contribution in [-0.4, -0.2) is 54.5 Å². The summed E-state index contributed by atoms with van der Waals surface area (Å²) < 4.78 is 0. The Bertz CT molecular complexity index is 1420. The van der Waals surface area contributed by atoms with Gasteiger partial charge in [0.1, 0.15) is 0 Å². The molecule has 0 radical (unpaired) electrons. The number of fused-ring (bicyclic) bond motifs is 1. The minimum absolute atomic E-state index is 0.194. The van der Waals surface area contributed by atoms with Crippen molar-refractivity contribution in [2.45, 2.75) is 64.7 Å². The number of carbonyl (C=O) groups is 1. The number of nitrogens with two attached hydrogens (primary N) is 1. The molecule has 1 saturated heterocycles. The van der Waals surface area contributed by atoms with Crippen LogP contribution in [0.2, 0.25) is 0 Å². The maximum atomic E-state index is 13.7. The number of hydrogen-bond donors (Lipinski definition) is 2. The van der Waals surface area contributed by atoms with Gasteiger partial charge in [-0.05, 0) is 106 Å². The highest BCUT2D eigenvalue weighted by Gasteiger charge is 2.28. The number of amides is 1. The number of piperidine rings is 1. The third-order valence-electron chi connectivity index (χ3n) is 9.10. The van der Waals surface area contributed by atoms with E-state index in [-0.39, 0.29) is 11.8 Å². The first-order chi connectivity index (χ1) is 20.2. The second kappa shape index (κ2) is 13.1. The fourth-order valence-electron chi connectivity index (χ4n) is 6.22. The molecule has 3 N–H and O–H groups in total. The number of nitrogens with zero attached hydrogens (tertiary/aromatic N) is 4. The highest BCUT2D eigenvalue weighted by molar-refractivity contribution is 6.26. The highest BCUT2D eigenvalue weighted by Crippen LogP contribution is 2.40. The normalized spacial score (nSPS) is 18.5. The van der Waals surface area contributed by atoms with Crippen LogP contribution in [-0.2, 0) is 4.79 Å². The van der Waals surface area contributed by atoms with E-state index in [0.717, 1.165) is 59.7 Å². The molecule has 3 atom stereocenters. The Morgan fingerprint density at radius 1 is 1.05 bits per heavy atom. The van der Waals surface area contributed by atoms with E-state index in [0.29, 0.717) is 35.2 Å². The van der Waals surface area contributed by atoms with Gasteiger partial charge in [-0.2, -0.15) is 0 Å². The zero-order chi connectivity index (χ0) is 29.8. The standard InChI is InChI=1S/C35H46N6O/c1-23(13-16-40(4)5)25(3)33-12-10-28(21-38-33)39-35(42)34-31-19-26(9-11-30(31)24(2)17-32(34)36)27-18-29(22-37-20-27)41-14-7-6-8-15-41/h9-12,18-25H,6-8,13-17,36H2,1-5H3,(H,39,42)/t23-,24-,25+/m1/s1. The molecule has 1 amide bonds. The molecule has 0 bridgehead atoms. The number of aromatic nitrogens is 2. The number of anilines is 2. The lowest BCUT2D eigenvalue weighted by Gasteiger charge is -2.29. The largest absolute Gasteiger partial charge is 0.401 e. The van der Waals surface area contributed by atoms with E-state index >= 15 is 0 Å². The van der Waals surface area contributed by atoms with Crippen LogP contribution in [0.4, 0.5) is 11.4 Å². The predicted molar refractivity (Wildman–Crippen MR) is 173 cm³/mol. The molecule has 1 aromatic carbocycles. The lowest BCUT2D eigenvalue weighted by molar-refractivity contribution is -0.111. The van der Waals surface area contributed by atoms with Gasteiger partial charge in [-0.25, -0.2) is 0 Å². The van der Waals surface area contributed by atoms with Gasteiger partial charge in [-0.1, -0.05) is 32.9 Å². The first-order valence-electron chi connectivity index (χ1n) is 15.5. The van der Waals surface area contributed by atoms with Gasteiger partial charge in [0.2, 0.25) is 0 Å². The summed E-state index contributed by atoms with van der Waals surface area (Å²) in [6.45, 7) is 9.86. The molecule has 1 fully saturated rings. The van der Waals surface area contributed by atoms with E-state index in [1.54, 1.807) is 6.20 Å². The Kier molecular flexibility index (Phi) is 9.27. The molecular weight excluding hydrogens is 520 g/mol. The molecule has 7 heteroatoms. The molecule has 42 heavy (non-hydrogen) atoms. The van der Waals surface area contributed by atoms with Crippen LogP contribution in [0.25, 0.3) is 16.7 Å². The van der Waals surface area contributed by atoms with Crippen LogP contribution in [0.3, 0.4) is 0 Å². The van der Waals surface area contributed by atoms with Crippen molar-refractivity contribution >= 4 is 22.9 Å². The fraction of sp³-hybridized carbons (Fsp3) is 0.457. The molecule has 7 nitrogen and oxygen atoms in total. The number of pyridine rings is 2. The number of rotatable bonds is 9. The minimum Gasteiger partial charge on any atom is -0.401 e. The summed E-state index contributed by atoms with van der Waals surface area (Å²) in [7, 11) is 4.21. The molecule has 0 unspecified atom stereocenters. The van der Waals surface area contributed by atoms with Crippen LogP contribution < -0.4 is 16.0 Å². The molecule has 2 aliphatic rings.